The lowest BCUT2D eigenvalue weighted by Gasteiger charge is -2.36. The van der Waals surface area contributed by atoms with Gasteiger partial charge in [0, 0.05) is 26.2 Å². The molecule has 0 spiro atoms. The van der Waals surface area contributed by atoms with E-state index in [-0.39, 0.29) is 36.2 Å². The quantitative estimate of drug-likeness (QED) is 0.603. The number of hydrogen-bond donors (Lipinski definition) is 0. The van der Waals surface area contributed by atoms with Crippen LogP contribution in [0, 0.1) is 5.82 Å². The average molecular weight is 474 g/mol. The first kappa shape index (κ1) is 23.5. The van der Waals surface area contributed by atoms with Crippen molar-refractivity contribution in [1.82, 2.24) is 9.21 Å². The number of carbonyl (C=O) groups is 2. The van der Waals surface area contributed by atoms with E-state index in [1.807, 2.05) is 17.0 Å². The predicted molar refractivity (Wildman–Crippen MR) is 123 cm³/mol. The molecule has 0 bridgehead atoms. The van der Waals surface area contributed by atoms with E-state index in [1.54, 1.807) is 12.1 Å². The summed E-state index contributed by atoms with van der Waals surface area (Å²) >= 11 is 0. The Labute approximate surface area is 193 Å². The van der Waals surface area contributed by atoms with Crippen LogP contribution < -0.4 is 4.90 Å². The van der Waals surface area contributed by atoms with E-state index in [1.165, 1.54) is 28.6 Å². The van der Waals surface area contributed by atoms with E-state index in [0.29, 0.717) is 24.7 Å². The van der Waals surface area contributed by atoms with Crippen LogP contribution in [0.1, 0.15) is 38.2 Å². The van der Waals surface area contributed by atoms with Gasteiger partial charge < -0.3 is 0 Å². The van der Waals surface area contributed by atoms with Crippen molar-refractivity contribution < 1.29 is 22.4 Å². The summed E-state index contributed by atoms with van der Waals surface area (Å²) in [5.74, 6) is -0.774. The van der Waals surface area contributed by atoms with E-state index in [9.17, 15) is 22.4 Å². The number of hydrogen-bond acceptors (Lipinski definition) is 5. The maximum absolute atomic E-state index is 13.2. The fourth-order valence-electron chi connectivity index (χ4n) is 4.37. The number of sulfonamides is 1. The normalized spacial score (nSPS) is 21.5. The zero-order valence-electron chi connectivity index (χ0n) is 18.8. The van der Waals surface area contributed by atoms with Crippen LogP contribution in [0.5, 0.6) is 0 Å². The zero-order valence-corrected chi connectivity index (χ0v) is 19.6. The molecule has 2 aliphatic rings. The number of carbonyl (C=O) groups excluding carboxylic acids is 2. The maximum atomic E-state index is 13.2. The molecule has 2 aromatic carbocycles. The minimum absolute atomic E-state index is 0.0278. The third kappa shape index (κ3) is 4.58. The average Bonchev–Trinajstić information content (AvgIpc) is 3.13. The van der Waals surface area contributed by atoms with Gasteiger partial charge in [0.05, 0.1) is 23.0 Å². The Balaban J connectivity index is 1.42. The van der Waals surface area contributed by atoms with Crippen molar-refractivity contribution in [3.8, 4) is 0 Å². The highest BCUT2D eigenvalue weighted by Crippen LogP contribution is 2.28. The molecule has 2 amide bonds. The van der Waals surface area contributed by atoms with Gasteiger partial charge in [-0.25, -0.2) is 17.7 Å². The van der Waals surface area contributed by atoms with Gasteiger partial charge in [0.1, 0.15) is 5.82 Å². The monoisotopic (exact) mass is 473 g/mol. The van der Waals surface area contributed by atoms with Gasteiger partial charge in [-0.05, 0) is 54.3 Å². The maximum Gasteiger partial charge on any atom is 0.251 e. The van der Waals surface area contributed by atoms with Gasteiger partial charge in [-0.15, -0.1) is 0 Å². The standard InChI is InChI=1S/C24H28FN3O4S/c1-3-17(2)18-4-10-21(11-5-18)33(31,32)27-14-12-26(13-15-27)22-16-23(29)28(24(22)30)20-8-6-19(25)7-9-20/h4-11,17,22H,3,12-16H2,1-2H3. The first-order valence-electron chi connectivity index (χ1n) is 11.2. The molecule has 0 N–H and O–H groups in total. The lowest BCUT2D eigenvalue weighted by Crippen LogP contribution is -2.53. The van der Waals surface area contributed by atoms with Gasteiger partial charge in [-0.2, -0.15) is 4.31 Å². The number of rotatable bonds is 6. The summed E-state index contributed by atoms with van der Waals surface area (Å²) in [4.78, 5) is 28.7. The van der Waals surface area contributed by atoms with Crippen molar-refractivity contribution in [1.29, 1.82) is 0 Å². The highest BCUT2D eigenvalue weighted by molar-refractivity contribution is 7.89. The van der Waals surface area contributed by atoms with Crippen molar-refractivity contribution in [2.45, 2.75) is 43.5 Å². The van der Waals surface area contributed by atoms with Gasteiger partial charge in [-0.1, -0.05) is 26.0 Å². The van der Waals surface area contributed by atoms with Crippen LogP contribution in [0.15, 0.2) is 53.4 Å². The molecule has 0 aliphatic carbocycles. The molecule has 0 saturated carbocycles. The molecule has 2 fully saturated rings. The fourth-order valence-corrected chi connectivity index (χ4v) is 5.79. The number of imide groups is 1. The number of halogens is 1. The van der Waals surface area contributed by atoms with Crippen molar-refractivity contribution in [2.75, 3.05) is 31.1 Å². The van der Waals surface area contributed by atoms with Gasteiger partial charge in [0.2, 0.25) is 15.9 Å². The van der Waals surface area contributed by atoms with E-state index in [4.69, 9.17) is 0 Å². The summed E-state index contributed by atoms with van der Waals surface area (Å²) in [6, 6.07) is 11.6. The minimum atomic E-state index is -3.63. The van der Waals surface area contributed by atoms with Gasteiger partial charge in [-0.3, -0.25) is 14.5 Å². The van der Waals surface area contributed by atoms with Gasteiger partial charge >= 0.3 is 0 Å². The molecule has 2 unspecified atom stereocenters. The number of amides is 2. The number of anilines is 1. The molecule has 33 heavy (non-hydrogen) atoms. The Hall–Kier alpha value is -2.62. The lowest BCUT2D eigenvalue weighted by molar-refractivity contribution is -0.123. The molecule has 176 valence electrons. The molecule has 7 nitrogen and oxygen atoms in total. The Kier molecular flexibility index (Phi) is 6.65. The van der Waals surface area contributed by atoms with E-state index >= 15 is 0 Å². The summed E-state index contributed by atoms with van der Waals surface area (Å²) in [5, 5.41) is 0. The highest BCUT2D eigenvalue weighted by atomic mass is 32.2. The second-order valence-corrected chi connectivity index (χ2v) is 10.5. The summed E-state index contributed by atoms with van der Waals surface area (Å²) in [6.45, 7) is 5.38. The molecule has 2 saturated heterocycles. The molecule has 2 aromatic rings. The van der Waals surface area contributed by atoms with Gasteiger partial charge in [0.15, 0.2) is 0 Å². The van der Waals surface area contributed by atoms with Crippen molar-refractivity contribution in [3.05, 3.63) is 59.9 Å². The van der Waals surface area contributed by atoms with Crippen molar-refractivity contribution in [3.63, 3.8) is 0 Å². The molecular weight excluding hydrogens is 445 g/mol. The molecule has 9 heteroatoms. The second-order valence-electron chi connectivity index (χ2n) is 8.58. The predicted octanol–water partition coefficient (Wildman–Crippen LogP) is 2.98. The van der Waals surface area contributed by atoms with Crippen LogP contribution in [-0.2, 0) is 19.6 Å². The summed E-state index contributed by atoms with van der Waals surface area (Å²) in [5.41, 5.74) is 1.45. The van der Waals surface area contributed by atoms with Crippen molar-refractivity contribution in [2.24, 2.45) is 0 Å². The molecule has 4 rings (SSSR count). The first-order chi connectivity index (χ1) is 15.7. The molecular formula is C24H28FN3O4S. The Morgan fingerprint density at radius 3 is 2.15 bits per heavy atom. The van der Waals surface area contributed by atoms with Crippen LogP contribution in [0.4, 0.5) is 10.1 Å². The highest BCUT2D eigenvalue weighted by Gasteiger charge is 2.44. The summed E-state index contributed by atoms with van der Waals surface area (Å²) in [6.07, 6.45) is 1.01. The molecule has 2 atom stereocenters. The second kappa shape index (κ2) is 9.32. The smallest absolute Gasteiger partial charge is 0.251 e. The van der Waals surface area contributed by atoms with Crippen LogP contribution in [0.3, 0.4) is 0 Å². The number of benzene rings is 2. The lowest BCUT2D eigenvalue weighted by atomic mass is 9.99. The SMILES string of the molecule is CCC(C)c1ccc(S(=O)(=O)N2CCN(C3CC(=O)N(c4ccc(F)cc4)C3=O)CC2)cc1. The van der Waals surface area contributed by atoms with E-state index < -0.39 is 21.9 Å². The number of piperazine rings is 1. The van der Waals surface area contributed by atoms with Crippen molar-refractivity contribution >= 4 is 27.5 Å². The molecule has 2 heterocycles. The fraction of sp³-hybridized carbons (Fsp3) is 0.417. The zero-order chi connectivity index (χ0) is 23.8. The summed E-state index contributed by atoms with van der Waals surface area (Å²) < 4.78 is 40.8. The molecule has 0 aromatic heterocycles. The largest absolute Gasteiger partial charge is 0.289 e. The Morgan fingerprint density at radius 1 is 0.970 bits per heavy atom. The topological polar surface area (TPSA) is 78.0 Å². The Morgan fingerprint density at radius 2 is 1.58 bits per heavy atom. The molecule has 0 radical (unpaired) electrons. The third-order valence-electron chi connectivity index (χ3n) is 6.62. The minimum Gasteiger partial charge on any atom is -0.289 e. The summed E-state index contributed by atoms with van der Waals surface area (Å²) in [7, 11) is -3.63. The Bertz CT molecular complexity index is 1130. The van der Waals surface area contributed by atoms with Crippen LogP contribution in [-0.4, -0.2) is 61.7 Å². The van der Waals surface area contributed by atoms with Crippen LogP contribution >= 0.6 is 0 Å². The van der Waals surface area contributed by atoms with Gasteiger partial charge in [0.25, 0.3) is 5.91 Å². The third-order valence-corrected chi connectivity index (χ3v) is 8.53. The molecule has 2 aliphatic heterocycles. The van der Waals surface area contributed by atoms with E-state index in [2.05, 4.69) is 13.8 Å². The van der Waals surface area contributed by atoms with Crippen LogP contribution in [0.2, 0.25) is 0 Å². The van der Waals surface area contributed by atoms with E-state index in [0.717, 1.165) is 16.9 Å². The first-order valence-corrected chi connectivity index (χ1v) is 12.6. The van der Waals surface area contributed by atoms with Crippen LogP contribution in [0.25, 0.3) is 0 Å². The number of nitrogens with zero attached hydrogens (tertiary/aromatic N) is 3.